The third-order valence-corrected chi connectivity index (χ3v) is 2.71. The Labute approximate surface area is 111 Å². The molecule has 0 atom stereocenters. The molecule has 0 saturated carbocycles. The molecule has 2 rings (SSSR count). The van der Waals surface area contributed by atoms with Crippen LogP contribution >= 0.6 is 0 Å². The molecule has 1 aromatic carbocycles. The van der Waals surface area contributed by atoms with Crippen LogP contribution in [0.25, 0.3) is 0 Å². The minimum absolute atomic E-state index is 0.212. The fourth-order valence-electron chi connectivity index (χ4n) is 1.63. The number of methoxy groups -OCH3 is 1. The van der Waals surface area contributed by atoms with Gasteiger partial charge in [-0.3, -0.25) is 9.78 Å². The number of nitrogens with one attached hydrogen (secondary N) is 1. The molecule has 1 amide bonds. The van der Waals surface area contributed by atoms with Crippen LogP contribution in [-0.4, -0.2) is 18.0 Å². The molecule has 5 heteroatoms. The first-order valence-electron chi connectivity index (χ1n) is 5.81. The summed E-state index contributed by atoms with van der Waals surface area (Å²) in [6.07, 6.45) is 3.00. The summed E-state index contributed by atoms with van der Waals surface area (Å²) in [7, 11) is 1.61. The van der Waals surface area contributed by atoms with E-state index in [0.717, 1.165) is 11.3 Å². The fourth-order valence-corrected chi connectivity index (χ4v) is 1.63. The van der Waals surface area contributed by atoms with Crippen LogP contribution in [-0.2, 0) is 6.54 Å². The summed E-state index contributed by atoms with van der Waals surface area (Å²) in [5.41, 5.74) is 7.48. The summed E-state index contributed by atoms with van der Waals surface area (Å²) in [6, 6.07) is 9.09. The van der Waals surface area contributed by atoms with Gasteiger partial charge in [0.25, 0.3) is 5.91 Å². The van der Waals surface area contributed by atoms with E-state index >= 15 is 0 Å². The standard InChI is InChI=1S/C14H15N3O2/c1-19-11-4-2-10(3-5-11)8-17-14(18)12-6-7-16-9-13(12)15/h2-7,9H,8,15H2,1H3,(H,17,18). The molecule has 98 valence electrons. The van der Waals surface area contributed by atoms with Gasteiger partial charge in [-0.25, -0.2) is 0 Å². The zero-order valence-corrected chi connectivity index (χ0v) is 10.6. The number of anilines is 1. The third-order valence-electron chi connectivity index (χ3n) is 2.71. The molecule has 5 nitrogen and oxygen atoms in total. The van der Waals surface area contributed by atoms with E-state index in [0.29, 0.717) is 17.8 Å². The van der Waals surface area contributed by atoms with Gasteiger partial charge >= 0.3 is 0 Å². The van der Waals surface area contributed by atoms with Crippen LogP contribution < -0.4 is 15.8 Å². The third kappa shape index (κ3) is 3.22. The largest absolute Gasteiger partial charge is 0.497 e. The molecule has 2 aromatic rings. The highest BCUT2D eigenvalue weighted by Crippen LogP contribution is 2.12. The number of pyridine rings is 1. The number of nitrogen functional groups attached to an aromatic ring is 1. The van der Waals surface area contributed by atoms with E-state index in [4.69, 9.17) is 10.5 Å². The normalized spacial score (nSPS) is 9.95. The van der Waals surface area contributed by atoms with Gasteiger partial charge in [0.1, 0.15) is 5.75 Å². The number of amides is 1. The van der Waals surface area contributed by atoms with Crippen molar-refractivity contribution < 1.29 is 9.53 Å². The summed E-state index contributed by atoms with van der Waals surface area (Å²) in [5, 5.41) is 2.81. The van der Waals surface area contributed by atoms with E-state index in [1.54, 1.807) is 19.4 Å². The lowest BCUT2D eigenvalue weighted by Crippen LogP contribution is -2.23. The molecule has 0 bridgehead atoms. The Morgan fingerprint density at radius 2 is 2.05 bits per heavy atom. The van der Waals surface area contributed by atoms with Gasteiger partial charge in [0.05, 0.1) is 24.6 Å². The molecule has 1 heterocycles. The number of nitrogens with zero attached hydrogens (tertiary/aromatic N) is 1. The lowest BCUT2D eigenvalue weighted by Gasteiger charge is -2.07. The maximum atomic E-state index is 11.9. The van der Waals surface area contributed by atoms with Crippen LogP contribution in [0.2, 0.25) is 0 Å². The van der Waals surface area contributed by atoms with Crippen molar-refractivity contribution in [2.24, 2.45) is 0 Å². The fraction of sp³-hybridized carbons (Fsp3) is 0.143. The van der Waals surface area contributed by atoms with Gasteiger partial charge in [-0.1, -0.05) is 12.1 Å². The van der Waals surface area contributed by atoms with Gasteiger partial charge in [0.15, 0.2) is 0 Å². The van der Waals surface area contributed by atoms with Gasteiger partial charge in [0.2, 0.25) is 0 Å². The van der Waals surface area contributed by atoms with Crippen molar-refractivity contribution in [3.05, 3.63) is 53.9 Å². The van der Waals surface area contributed by atoms with Crippen LogP contribution in [0.3, 0.4) is 0 Å². The van der Waals surface area contributed by atoms with Crippen molar-refractivity contribution in [1.29, 1.82) is 0 Å². The first-order chi connectivity index (χ1) is 9.20. The van der Waals surface area contributed by atoms with Crippen molar-refractivity contribution in [3.63, 3.8) is 0 Å². The van der Waals surface area contributed by atoms with E-state index in [-0.39, 0.29) is 5.91 Å². The molecule has 19 heavy (non-hydrogen) atoms. The minimum Gasteiger partial charge on any atom is -0.497 e. The maximum Gasteiger partial charge on any atom is 0.253 e. The van der Waals surface area contributed by atoms with Crippen LogP contribution in [0.1, 0.15) is 15.9 Å². The van der Waals surface area contributed by atoms with Gasteiger partial charge in [0, 0.05) is 12.7 Å². The molecule has 0 aliphatic heterocycles. The van der Waals surface area contributed by atoms with E-state index in [1.165, 1.54) is 6.20 Å². The number of ether oxygens (including phenoxy) is 1. The monoisotopic (exact) mass is 257 g/mol. The predicted molar refractivity (Wildman–Crippen MR) is 72.8 cm³/mol. The molecular weight excluding hydrogens is 242 g/mol. The molecule has 1 aromatic heterocycles. The SMILES string of the molecule is COc1ccc(CNC(=O)c2ccncc2N)cc1. The molecule has 0 aliphatic carbocycles. The molecule has 3 N–H and O–H groups in total. The Bertz CT molecular complexity index is 567. The number of aromatic nitrogens is 1. The van der Waals surface area contributed by atoms with E-state index in [2.05, 4.69) is 10.3 Å². The highest BCUT2D eigenvalue weighted by atomic mass is 16.5. The van der Waals surface area contributed by atoms with E-state index < -0.39 is 0 Å². The van der Waals surface area contributed by atoms with Gasteiger partial charge in [-0.05, 0) is 23.8 Å². The summed E-state index contributed by atoms with van der Waals surface area (Å²) in [4.78, 5) is 15.8. The molecule has 0 spiro atoms. The number of hydrogen-bond acceptors (Lipinski definition) is 4. The Hall–Kier alpha value is -2.56. The highest BCUT2D eigenvalue weighted by molar-refractivity contribution is 5.98. The van der Waals surface area contributed by atoms with Crippen molar-refractivity contribution >= 4 is 11.6 Å². The van der Waals surface area contributed by atoms with Crippen molar-refractivity contribution in [1.82, 2.24) is 10.3 Å². The number of nitrogens with two attached hydrogens (primary N) is 1. The molecule has 0 unspecified atom stereocenters. The first kappa shape index (κ1) is 12.9. The predicted octanol–water partition coefficient (Wildman–Crippen LogP) is 1.60. The maximum absolute atomic E-state index is 11.9. The van der Waals surface area contributed by atoms with Crippen LogP contribution in [0, 0.1) is 0 Å². The van der Waals surface area contributed by atoms with Crippen LogP contribution in [0.4, 0.5) is 5.69 Å². The second-order valence-electron chi connectivity index (χ2n) is 3.99. The summed E-state index contributed by atoms with van der Waals surface area (Å²) >= 11 is 0. The number of hydrogen-bond donors (Lipinski definition) is 2. The van der Waals surface area contributed by atoms with E-state index in [9.17, 15) is 4.79 Å². The van der Waals surface area contributed by atoms with Crippen LogP contribution in [0.15, 0.2) is 42.7 Å². The smallest absolute Gasteiger partial charge is 0.253 e. The molecule has 0 fully saturated rings. The first-order valence-corrected chi connectivity index (χ1v) is 5.81. The summed E-state index contributed by atoms with van der Waals surface area (Å²) in [5.74, 6) is 0.573. The number of benzene rings is 1. The van der Waals surface area contributed by atoms with Gasteiger partial charge in [-0.2, -0.15) is 0 Å². The van der Waals surface area contributed by atoms with Crippen molar-refractivity contribution in [2.75, 3.05) is 12.8 Å². The topological polar surface area (TPSA) is 77.2 Å². The summed E-state index contributed by atoms with van der Waals surface area (Å²) in [6.45, 7) is 0.435. The molecule has 0 aliphatic rings. The Balaban J connectivity index is 1.98. The zero-order chi connectivity index (χ0) is 13.7. The van der Waals surface area contributed by atoms with Gasteiger partial charge in [-0.15, -0.1) is 0 Å². The number of carbonyl (C=O) groups excluding carboxylic acids is 1. The zero-order valence-electron chi connectivity index (χ0n) is 10.6. The lowest BCUT2D eigenvalue weighted by atomic mass is 10.2. The summed E-state index contributed by atoms with van der Waals surface area (Å²) < 4.78 is 5.07. The quantitative estimate of drug-likeness (QED) is 0.872. The minimum atomic E-state index is -0.212. The highest BCUT2D eigenvalue weighted by Gasteiger charge is 2.08. The lowest BCUT2D eigenvalue weighted by molar-refractivity contribution is 0.0951. The molecule has 0 radical (unpaired) electrons. The second-order valence-corrected chi connectivity index (χ2v) is 3.99. The van der Waals surface area contributed by atoms with Crippen molar-refractivity contribution in [2.45, 2.75) is 6.54 Å². The van der Waals surface area contributed by atoms with E-state index in [1.807, 2.05) is 24.3 Å². The Kier molecular flexibility index (Phi) is 3.97. The average Bonchev–Trinajstić information content (AvgIpc) is 2.46. The van der Waals surface area contributed by atoms with Crippen LogP contribution in [0.5, 0.6) is 5.75 Å². The van der Waals surface area contributed by atoms with Crippen molar-refractivity contribution in [3.8, 4) is 5.75 Å². The Morgan fingerprint density at radius 1 is 1.32 bits per heavy atom. The Morgan fingerprint density at radius 3 is 2.68 bits per heavy atom. The number of carbonyl (C=O) groups is 1. The average molecular weight is 257 g/mol. The second kappa shape index (κ2) is 5.86. The molecular formula is C14H15N3O2. The van der Waals surface area contributed by atoms with Gasteiger partial charge < -0.3 is 15.8 Å². The number of rotatable bonds is 4. The molecule has 0 saturated heterocycles.